The Morgan fingerprint density at radius 3 is 1.96 bits per heavy atom. The standard InChI is InChI=1S/C27H20/c1-27(2)24-16-15-21-19-9-5-3-7-17(19)11-13-22(21)25(24)23-14-12-18-8-4-6-10-20(18)26(23)27/h3-16H,1-2H3. The Balaban J connectivity index is 1.82. The Labute approximate surface area is 159 Å². The zero-order valence-corrected chi connectivity index (χ0v) is 15.6. The number of benzene rings is 5. The van der Waals surface area contributed by atoms with Gasteiger partial charge in [-0.1, -0.05) is 98.8 Å². The van der Waals surface area contributed by atoms with Crippen LogP contribution in [0.5, 0.6) is 0 Å². The van der Waals surface area contributed by atoms with Crippen molar-refractivity contribution in [3.05, 3.63) is 96.1 Å². The van der Waals surface area contributed by atoms with Crippen LogP contribution in [0.1, 0.15) is 25.0 Å². The average molecular weight is 344 g/mol. The highest BCUT2D eigenvalue weighted by molar-refractivity contribution is 6.15. The van der Waals surface area contributed by atoms with Crippen molar-refractivity contribution in [3.8, 4) is 11.1 Å². The first kappa shape index (κ1) is 15.0. The second-order valence-electron chi connectivity index (χ2n) is 8.20. The summed E-state index contributed by atoms with van der Waals surface area (Å²) in [5.74, 6) is 0. The molecule has 0 bridgehead atoms. The molecular weight excluding hydrogens is 324 g/mol. The maximum absolute atomic E-state index is 2.37. The van der Waals surface area contributed by atoms with Crippen molar-refractivity contribution in [3.63, 3.8) is 0 Å². The van der Waals surface area contributed by atoms with E-state index in [-0.39, 0.29) is 5.41 Å². The van der Waals surface area contributed by atoms with Crippen molar-refractivity contribution in [1.82, 2.24) is 0 Å². The molecule has 0 saturated heterocycles. The SMILES string of the molecule is CC1(C)c2ccc3c(ccc4ccccc43)c2-c2ccc3ccccc3c21. The molecule has 0 spiro atoms. The van der Waals surface area contributed by atoms with E-state index in [0.29, 0.717) is 0 Å². The minimum Gasteiger partial charge on any atom is -0.0616 e. The summed E-state index contributed by atoms with van der Waals surface area (Å²) in [7, 11) is 0. The zero-order valence-electron chi connectivity index (χ0n) is 15.6. The van der Waals surface area contributed by atoms with Gasteiger partial charge in [0.25, 0.3) is 0 Å². The summed E-state index contributed by atoms with van der Waals surface area (Å²) in [6, 6.07) is 31.4. The van der Waals surface area contributed by atoms with Crippen molar-refractivity contribution in [1.29, 1.82) is 0 Å². The Hall–Kier alpha value is -3.12. The third-order valence-corrected chi connectivity index (χ3v) is 6.42. The first-order valence-electron chi connectivity index (χ1n) is 9.64. The summed E-state index contributed by atoms with van der Waals surface area (Å²) in [6.07, 6.45) is 0. The zero-order chi connectivity index (χ0) is 18.2. The average Bonchev–Trinajstić information content (AvgIpc) is 2.95. The monoisotopic (exact) mass is 344 g/mol. The number of rotatable bonds is 0. The fourth-order valence-electron chi connectivity index (χ4n) is 5.19. The van der Waals surface area contributed by atoms with Crippen molar-refractivity contribution in [2.24, 2.45) is 0 Å². The second kappa shape index (κ2) is 4.98. The Kier molecular flexibility index (Phi) is 2.77. The van der Waals surface area contributed by atoms with Crippen molar-refractivity contribution >= 4 is 32.3 Å². The topological polar surface area (TPSA) is 0 Å². The van der Waals surface area contributed by atoms with Gasteiger partial charge in [0, 0.05) is 5.41 Å². The van der Waals surface area contributed by atoms with Crippen LogP contribution in [0.3, 0.4) is 0 Å². The molecule has 5 aromatic rings. The fraction of sp³-hybridized carbons (Fsp3) is 0.111. The summed E-state index contributed by atoms with van der Waals surface area (Å²) < 4.78 is 0. The minimum atomic E-state index is 0.00532. The van der Waals surface area contributed by atoms with Crippen LogP contribution in [0, 0.1) is 0 Å². The lowest BCUT2D eigenvalue weighted by Gasteiger charge is -2.23. The van der Waals surface area contributed by atoms with E-state index in [0.717, 1.165) is 0 Å². The molecule has 0 fully saturated rings. The van der Waals surface area contributed by atoms with E-state index < -0.39 is 0 Å². The molecule has 0 unspecified atom stereocenters. The molecule has 1 aliphatic rings. The lowest BCUT2D eigenvalue weighted by Crippen LogP contribution is -2.15. The quantitative estimate of drug-likeness (QED) is 0.256. The summed E-state index contributed by atoms with van der Waals surface area (Å²) in [6.45, 7) is 4.74. The molecule has 0 radical (unpaired) electrons. The Bertz CT molecular complexity index is 1390. The molecular formula is C27H20. The van der Waals surface area contributed by atoms with Crippen LogP contribution in [0.2, 0.25) is 0 Å². The molecule has 0 atom stereocenters. The van der Waals surface area contributed by atoms with Gasteiger partial charge in [0.2, 0.25) is 0 Å². The molecule has 0 amide bonds. The molecule has 0 heteroatoms. The van der Waals surface area contributed by atoms with Gasteiger partial charge in [-0.15, -0.1) is 0 Å². The smallest absolute Gasteiger partial charge is 0.0165 e. The third-order valence-electron chi connectivity index (χ3n) is 6.42. The molecule has 0 saturated carbocycles. The maximum Gasteiger partial charge on any atom is 0.0165 e. The molecule has 0 heterocycles. The predicted molar refractivity (Wildman–Crippen MR) is 117 cm³/mol. The molecule has 1 aliphatic carbocycles. The van der Waals surface area contributed by atoms with Crippen LogP contribution in [0.4, 0.5) is 0 Å². The maximum atomic E-state index is 2.37. The molecule has 0 nitrogen and oxygen atoms in total. The van der Waals surface area contributed by atoms with Gasteiger partial charge in [0.05, 0.1) is 0 Å². The van der Waals surface area contributed by atoms with E-state index in [4.69, 9.17) is 0 Å². The van der Waals surface area contributed by atoms with Crippen LogP contribution < -0.4 is 0 Å². The van der Waals surface area contributed by atoms with Gasteiger partial charge in [-0.2, -0.15) is 0 Å². The molecule has 0 aromatic heterocycles. The van der Waals surface area contributed by atoms with E-state index in [2.05, 4.69) is 98.8 Å². The first-order valence-corrected chi connectivity index (χ1v) is 9.64. The Morgan fingerprint density at radius 1 is 0.519 bits per heavy atom. The molecule has 5 aromatic carbocycles. The minimum absolute atomic E-state index is 0.00532. The van der Waals surface area contributed by atoms with Gasteiger partial charge in [0.1, 0.15) is 0 Å². The summed E-state index contributed by atoms with van der Waals surface area (Å²) in [4.78, 5) is 0. The van der Waals surface area contributed by atoms with Gasteiger partial charge < -0.3 is 0 Å². The van der Waals surface area contributed by atoms with Crippen molar-refractivity contribution in [2.45, 2.75) is 19.3 Å². The highest BCUT2D eigenvalue weighted by Crippen LogP contribution is 2.53. The molecule has 27 heavy (non-hydrogen) atoms. The Morgan fingerprint density at radius 2 is 1.15 bits per heavy atom. The van der Waals surface area contributed by atoms with Crippen LogP contribution in [-0.2, 0) is 5.41 Å². The molecule has 128 valence electrons. The fourth-order valence-corrected chi connectivity index (χ4v) is 5.19. The number of hydrogen-bond donors (Lipinski definition) is 0. The van der Waals surface area contributed by atoms with Gasteiger partial charge in [-0.25, -0.2) is 0 Å². The van der Waals surface area contributed by atoms with E-state index in [1.807, 2.05) is 0 Å². The van der Waals surface area contributed by atoms with Gasteiger partial charge >= 0.3 is 0 Å². The second-order valence-corrected chi connectivity index (χ2v) is 8.20. The number of hydrogen-bond acceptors (Lipinski definition) is 0. The van der Waals surface area contributed by atoms with Crippen LogP contribution in [0.15, 0.2) is 84.9 Å². The van der Waals surface area contributed by atoms with Crippen LogP contribution >= 0.6 is 0 Å². The lowest BCUT2D eigenvalue weighted by molar-refractivity contribution is 0.667. The molecule has 6 rings (SSSR count). The highest BCUT2D eigenvalue weighted by atomic mass is 14.4. The summed E-state index contributed by atoms with van der Waals surface area (Å²) >= 11 is 0. The predicted octanol–water partition coefficient (Wildman–Crippen LogP) is 7.45. The summed E-state index contributed by atoms with van der Waals surface area (Å²) in [5.41, 5.74) is 5.73. The van der Waals surface area contributed by atoms with Gasteiger partial charge in [-0.3, -0.25) is 0 Å². The van der Waals surface area contributed by atoms with E-state index in [9.17, 15) is 0 Å². The molecule has 0 N–H and O–H groups in total. The molecule has 0 aliphatic heterocycles. The lowest BCUT2D eigenvalue weighted by atomic mass is 9.80. The van der Waals surface area contributed by atoms with Crippen LogP contribution in [0.25, 0.3) is 43.4 Å². The normalized spacial score (nSPS) is 14.6. The number of fused-ring (bicyclic) bond motifs is 9. The van der Waals surface area contributed by atoms with E-state index in [1.54, 1.807) is 0 Å². The van der Waals surface area contributed by atoms with Crippen LogP contribution in [-0.4, -0.2) is 0 Å². The van der Waals surface area contributed by atoms with Crippen molar-refractivity contribution in [2.75, 3.05) is 0 Å². The van der Waals surface area contributed by atoms with E-state index in [1.165, 1.54) is 54.6 Å². The first-order chi connectivity index (χ1) is 13.2. The largest absolute Gasteiger partial charge is 0.0616 e. The van der Waals surface area contributed by atoms with Gasteiger partial charge in [0.15, 0.2) is 0 Å². The third kappa shape index (κ3) is 1.83. The van der Waals surface area contributed by atoms with E-state index >= 15 is 0 Å². The van der Waals surface area contributed by atoms with Gasteiger partial charge in [-0.05, 0) is 54.6 Å². The highest BCUT2D eigenvalue weighted by Gasteiger charge is 2.37. The van der Waals surface area contributed by atoms with Crippen molar-refractivity contribution < 1.29 is 0 Å². The summed E-state index contributed by atoms with van der Waals surface area (Å²) in [5, 5.41) is 8.07.